The van der Waals surface area contributed by atoms with E-state index in [9.17, 15) is 24.6 Å². The van der Waals surface area contributed by atoms with Crippen LogP contribution in [-0.2, 0) is 50.1 Å². The van der Waals surface area contributed by atoms with Gasteiger partial charge in [-0.25, -0.2) is 24.7 Å². The third kappa shape index (κ3) is 16.4. The predicted molar refractivity (Wildman–Crippen MR) is 286 cm³/mol. The standard InChI is InChI=1S/C28H41N5O5.C23H33N5O3.2CH4.H2/c1-9-37-15-21-31-22-23(33(21)16-28(7,8)36)18-12-10-11-13-19(18)29-24(22)32-25(34)20(14-17(2)3)30-26(35)38-27(4,5)6;1-6-31-12-18-26-19-20(28(18)13-23(4,5)30)15-9-7-8-10-17(15)25-21(19)27-22(29)16(24)11-14(2)3;;;/h10-13,17,20,36H,9,14-16H2,1-8H3,(H,30,35)(H,29,32,34);7-10,14,16,30H,6,11-13,24H2,1-5H3,(H,25,27,29);2*1H4;1H/t20-;16-;;;/m00.../s1. The van der Waals surface area contributed by atoms with Crippen molar-refractivity contribution in [3.63, 3.8) is 0 Å². The largest absolute Gasteiger partial charge is 0.444 e. The average Bonchev–Trinajstić information content (AvgIpc) is 3.77. The molecule has 0 aliphatic heterocycles. The molecule has 18 heteroatoms. The topological polar surface area (TPSA) is 243 Å². The Morgan fingerprint density at radius 3 is 1.45 bits per heavy atom. The number of hydrogen-bond acceptors (Lipinski definition) is 13. The number of fused-ring (bicyclic) bond motifs is 6. The summed E-state index contributed by atoms with van der Waals surface area (Å²) in [6.45, 7) is 26.2. The number of nitrogens with two attached hydrogens (primary N) is 1. The molecular formula is C53H84N10O8. The van der Waals surface area contributed by atoms with Crippen LogP contribution in [-0.4, -0.2) is 99.3 Å². The van der Waals surface area contributed by atoms with Crippen LogP contribution >= 0.6 is 0 Å². The van der Waals surface area contributed by atoms with Crippen LogP contribution in [0.25, 0.3) is 43.9 Å². The number of hydrogen-bond donors (Lipinski definition) is 6. The number of ether oxygens (including phenoxy) is 3. The van der Waals surface area contributed by atoms with E-state index in [1.54, 1.807) is 48.5 Å². The zero-order chi connectivity index (χ0) is 51.0. The van der Waals surface area contributed by atoms with Gasteiger partial charge >= 0.3 is 6.09 Å². The summed E-state index contributed by atoms with van der Waals surface area (Å²) in [5.74, 6) is 1.64. The van der Waals surface area contributed by atoms with Gasteiger partial charge in [0, 0.05) is 25.4 Å². The van der Waals surface area contributed by atoms with E-state index in [-0.39, 0.29) is 53.7 Å². The normalized spacial score (nSPS) is 12.9. The fraction of sp³-hybridized carbons (Fsp3) is 0.566. The van der Waals surface area contributed by atoms with Gasteiger partial charge in [-0.1, -0.05) is 78.9 Å². The number of para-hydroxylation sites is 2. The molecular weight excluding hydrogens is 905 g/mol. The second-order valence-electron chi connectivity index (χ2n) is 20.5. The van der Waals surface area contributed by atoms with Crippen molar-refractivity contribution in [2.45, 2.75) is 173 Å². The van der Waals surface area contributed by atoms with Crippen LogP contribution in [0.15, 0.2) is 48.5 Å². The van der Waals surface area contributed by atoms with Crippen molar-refractivity contribution < 1.29 is 40.2 Å². The molecule has 394 valence electrons. The maximum atomic E-state index is 13.5. The minimum Gasteiger partial charge on any atom is -0.444 e. The van der Waals surface area contributed by atoms with Crippen LogP contribution in [0, 0.1) is 11.8 Å². The predicted octanol–water partition coefficient (Wildman–Crippen LogP) is 9.49. The van der Waals surface area contributed by atoms with E-state index in [1.807, 2.05) is 99.2 Å². The second-order valence-corrected chi connectivity index (χ2v) is 20.5. The number of amides is 3. The van der Waals surface area contributed by atoms with Gasteiger partial charge in [-0.2, -0.15) is 0 Å². The number of rotatable bonds is 19. The van der Waals surface area contributed by atoms with Crippen molar-refractivity contribution in [1.29, 1.82) is 0 Å². The first-order chi connectivity index (χ1) is 32.3. The number of carbonyl (C=O) groups excluding carboxylic acids is 3. The maximum absolute atomic E-state index is 13.5. The van der Waals surface area contributed by atoms with Crippen LogP contribution in [0.4, 0.5) is 16.4 Å². The Hall–Kier alpha value is -5.79. The Balaban J connectivity index is 0.000000482. The molecule has 4 heterocycles. The summed E-state index contributed by atoms with van der Waals surface area (Å²) in [6.07, 6.45) is 0.318. The maximum Gasteiger partial charge on any atom is 0.408 e. The fourth-order valence-corrected chi connectivity index (χ4v) is 7.84. The minimum absolute atomic E-state index is 0. The van der Waals surface area contributed by atoms with E-state index in [4.69, 9.17) is 34.9 Å². The molecule has 3 amide bonds. The van der Waals surface area contributed by atoms with Gasteiger partial charge in [-0.05, 0) is 99.1 Å². The van der Waals surface area contributed by atoms with Gasteiger partial charge < -0.3 is 55.2 Å². The lowest BCUT2D eigenvalue weighted by Crippen LogP contribution is -2.46. The summed E-state index contributed by atoms with van der Waals surface area (Å²) in [7, 11) is 0. The number of imidazole rings is 2. The van der Waals surface area contributed by atoms with Gasteiger partial charge in [0.05, 0.1) is 52.4 Å². The number of anilines is 2. The molecule has 0 saturated heterocycles. The van der Waals surface area contributed by atoms with Gasteiger partial charge in [0.2, 0.25) is 11.8 Å². The number of nitrogens with one attached hydrogen (secondary N) is 3. The molecule has 2 aromatic carbocycles. The van der Waals surface area contributed by atoms with Gasteiger partial charge in [0.25, 0.3) is 0 Å². The van der Waals surface area contributed by atoms with E-state index in [0.717, 1.165) is 27.3 Å². The van der Waals surface area contributed by atoms with Crippen molar-refractivity contribution in [2.75, 3.05) is 23.8 Å². The molecule has 2 atom stereocenters. The molecule has 0 bridgehead atoms. The van der Waals surface area contributed by atoms with Crippen molar-refractivity contribution in [3.8, 4) is 0 Å². The Labute approximate surface area is 421 Å². The van der Waals surface area contributed by atoms with Crippen LogP contribution in [0.5, 0.6) is 0 Å². The van der Waals surface area contributed by atoms with Gasteiger partial charge in [-0.3, -0.25) is 9.59 Å². The summed E-state index contributed by atoms with van der Waals surface area (Å²) in [5.41, 5.74) is 7.37. The molecule has 71 heavy (non-hydrogen) atoms. The van der Waals surface area contributed by atoms with Crippen LogP contribution < -0.4 is 21.7 Å². The van der Waals surface area contributed by atoms with E-state index in [2.05, 4.69) is 20.9 Å². The van der Waals surface area contributed by atoms with Crippen molar-refractivity contribution in [3.05, 3.63) is 60.2 Å². The first kappa shape index (κ1) is 59.5. The second kappa shape index (κ2) is 25.0. The number of aliphatic hydroxyl groups is 2. The van der Waals surface area contributed by atoms with Gasteiger partial charge in [0.1, 0.15) is 47.5 Å². The number of aromatic nitrogens is 6. The van der Waals surface area contributed by atoms with Crippen molar-refractivity contribution in [1.82, 2.24) is 34.4 Å². The Bertz CT molecular complexity index is 2730. The summed E-state index contributed by atoms with van der Waals surface area (Å²) in [5, 5.41) is 31.5. The minimum atomic E-state index is -1.03. The van der Waals surface area contributed by atoms with Crippen LogP contribution in [0.1, 0.15) is 131 Å². The highest BCUT2D eigenvalue weighted by Crippen LogP contribution is 2.34. The third-order valence-electron chi connectivity index (χ3n) is 10.5. The Morgan fingerprint density at radius 2 is 1.07 bits per heavy atom. The third-order valence-corrected chi connectivity index (χ3v) is 10.5. The van der Waals surface area contributed by atoms with Crippen LogP contribution in [0.3, 0.4) is 0 Å². The molecule has 0 unspecified atom stereocenters. The highest BCUT2D eigenvalue weighted by molar-refractivity contribution is 6.11. The average molecular weight is 989 g/mol. The number of nitrogens with zero attached hydrogens (tertiary/aromatic N) is 6. The molecule has 0 aliphatic rings. The summed E-state index contributed by atoms with van der Waals surface area (Å²) in [6, 6.07) is 13.8. The molecule has 0 saturated carbocycles. The van der Waals surface area contributed by atoms with E-state index in [0.29, 0.717) is 72.5 Å². The number of pyridine rings is 2. The van der Waals surface area contributed by atoms with E-state index >= 15 is 0 Å². The monoisotopic (exact) mass is 989 g/mol. The molecule has 18 nitrogen and oxygen atoms in total. The Kier molecular flexibility index (Phi) is 21.0. The van der Waals surface area contributed by atoms with E-state index in [1.165, 1.54) is 0 Å². The van der Waals surface area contributed by atoms with Crippen molar-refractivity contribution >= 4 is 73.4 Å². The SMILES string of the molecule is C.C.CCOCc1nc2c(NC(=O)[C@@H](N)CC(C)C)nc3ccccc3c2n1CC(C)(C)O.CCOCc1nc2c(NC(=O)[C@H](CC(C)C)NC(=O)OC(C)(C)C)nc3ccccc3c2n1CC(C)(C)O.[HH]. The lowest BCUT2D eigenvalue weighted by atomic mass is 10.0. The molecule has 6 rings (SSSR count). The lowest BCUT2D eigenvalue weighted by Gasteiger charge is -2.24. The lowest BCUT2D eigenvalue weighted by molar-refractivity contribution is -0.119. The van der Waals surface area contributed by atoms with Gasteiger partial charge in [-0.15, -0.1) is 0 Å². The highest BCUT2D eigenvalue weighted by atomic mass is 16.6. The zero-order valence-electron chi connectivity index (χ0n) is 42.7. The number of alkyl carbamates (subject to hydrolysis) is 1. The molecule has 0 spiro atoms. The highest BCUT2D eigenvalue weighted by Gasteiger charge is 2.29. The molecule has 4 aromatic heterocycles. The van der Waals surface area contributed by atoms with Crippen LogP contribution in [0.2, 0.25) is 0 Å². The molecule has 0 fully saturated rings. The zero-order valence-corrected chi connectivity index (χ0v) is 42.7. The summed E-state index contributed by atoms with van der Waals surface area (Å²) >= 11 is 0. The molecule has 0 aliphatic carbocycles. The summed E-state index contributed by atoms with van der Waals surface area (Å²) < 4.78 is 20.6. The van der Waals surface area contributed by atoms with Crippen molar-refractivity contribution in [2.24, 2.45) is 17.6 Å². The number of carbonyl (C=O) groups is 3. The van der Waals surface area contributed by atoms with Gasteiger partial charge in [0.15, 0.2) is 11.6 Å². The first-order valence-corrected chi connectivity index (χ1v) is 23.8. The number of benzene rings is 2. The Morgan fingerprint density at radius 1 is 0.662 bits per heavy atom. The molecule has 0 radical (unpaired) electrons. The fourth-order valence-electron chi connectivity index (χ4n) is 7.84. The first-order valence-electron chi connectivity index (χ1n) is 23.8. The summed E-state index contributed by atoms with van der Waals surface area (Å²) in [4.78, 5) is 57.7. The van der Waals surface area contributed by atoms with E-state index < -0.39 is 40.9 Å². The molecule has 7 N–H and O–H groups in total. The smallest absolute Gasteiger partial charge is 0.408 e. The molecule has 6 aromatic rings. The quantitative estimate of drug-likeness (QED) is 0.0443.